The van der Waals surface area contributed by atoms with Gasteiger partial charge < -0.3 is 0 Å². The van der Waals surface area contributed by atoms with Gasteiger partial charge >= 0.3 is 0 Å². The van der Waals surface area contributed by atoms with E-state index in [9.17, 15) is 0 Å². The SMILES string of the molecule is c1ccc(-c2cc3ccccc3c3[nH]nc[n+]23)cc1. The number of aromatic nitrogens is 3. The monoisotopic (exact) mass is 246 g/mol. The molecule has 90 valence electrons. The molecule has 0 atom stereocenters. The second kappa shape index (κ2) is 3.92. The molecule has 1 N–H and O–H groups in total. The number of pyridine rings is 1. The first kappa shape index (κ1) is 10.3. The minimum Gasteiger partial charge on any atom is -0.196 e. The van der Waals surface area contributed by atoms with E-state index in [1.807, 2.05) is 18.5 Å². The van der Waals surface area contributed by atoms with Crippen molar-refractivity contribution < 1.29 is 4.40 Å². The number of hydrogen-bond acceptors (Lipinski definition) is 1. The van der Waals surface area contributed by atoms with Gasteiger partial charge in [-0.25, -0.2) is 0 Å². The molecule has 2 aromatic heterocycles. The van der Waals surface area contributed by atoms with E-state index in [4.69, 9.17) is 0 Å². The molecule has 0 amide bonds. The predicted molar refractivity (Wildman–Crippen MR) is 74.7 cm³/mol. The van der Waals surface area contributed by atoms with Gasteiger partial charge in [0.05, 0.1) is 5.39 Å². The standard InChI is InChI=1S/C16H11N3/c1-2-6-12(7-3-1)15-10-13-8-4-5-9-14(13)16-18-17-11-19(15)16/h1-11H/p+1. The van der Waals surface area contributed by atoms with E-state index in [-0.39, 0.29) is 0 Å². The Morgan fingerprint density at radius 1 is 0.895 bits per heavy atom. The van der Waals surface area contributed by atoms with Gasteiger partial charge in [0.15, 0.2) is 0 Å². The van der Waals surface area contributed by atoms with Gasteiger partial charge in [0, 0.05) is 10.7 Å². The predicted octanol–water partition coefficient (Wildman–Crippen LogP) is 2.97. The van der Waals surface area contributed by atoms with Gasteiger partial charge in [0.1, 0.15) is 5.69 Å². The minimum atomic E-state index is 1.02. The zero-order valence-corrected chi connectivity index (χ0v) is 10.2. The highest BCUT2D eigenvalue weighted by molar-refractivity contribution is 5.93. The molecule has 4 aromatic rings. The molecule has 0 saturated carbocycles. The highest BCUT2D eigenvalue weighted by Crippen LogP contribution is 2.22. The summed E-state index contributed by atoms with van der Waals surface area (Å²) in [7, 11) is 0. The lowest BCUT2D eigenvalue weighted by atomic mass is 10.1. The average Bonchev–Trinajstić information content (AvgIpc) is 2.97. The van der Waals surface area contributed by atoms with Gasteiger partial charge in [0.2, 0.25) is 0 Å². The van der Waals surface area contributed by atoms with E-state index in [2.05, 4.69) is 63.1 Å². The molecule has 0 aliphatic heterocycles. The van der Waals surface area contributed by atoms with E-state index in [0.29, 0.717) is 0 Å². The van der Waals surface area contributed by atoms with Crippen molar-refractivity contribution in [2.45, 2.75) is 0 Å². The smallest absolute Gasteiger partial charge is 0.196 e. The fourth-order valence-electron chi connectivity index (χ4n) is 2.52. The summed E-state index contributed by atoms with van der Waals surface area (Å²) in [5.74, 6) is 0. The Labute approximate surface area is 110 Å². The highest BCUT2D eigenvalue weighted by Gasteiger charge is 2.14. The maximum atomic E-state index is 4.18. The molecule has 0 radical (unpaired) electrons. The third kappa shape index (κ3) is 1.52. The number of fused-ring (bicyclic) bond motifs is 3. The highest BCUT2D eigenvalue weighted by atomic mass is 15.2. The molecule has 0 spiro atoms. The summed E-state index contributed by atoms with van der Waals surface area (Å²) < 4.78 is 2.09. The van der Waals surface area contributed by atoms with Crippen LogP contribution < -0.4 is 4.40 Å². The van der Waals surface area contributed by atoms with Crippen molar-refractivity contribution in [3.8, 4) is 11.3 Å². The topological polar surface area (TPSA) is 32.8 Å². The lowest BCUT2D eigenvalue weighted by molar-refractivity contribution is -0.498. The molecule has 19 heavy (non-hydrogen) atoms. The van der Waals surface area contributed by atoms with Gasteiger partial charge in [0.25, 0.3) is 12.0 Å². The molecular weight excluding hydrogens is 234 g/mol. The number of aromatic amines is 1. The first-order valence-electron chi connectivity index (χ1n) is 6.25. The van der Waals surface area contributed by atoms with Crippen LogP contribution in [0.15, 0.2) is 67.0 Å². The molecule has 0 aliphatic carbocycles. The third-order valence-electron chi connectivity index (χ3n) is 3.42. The van der Waals surface area contributed by atoms with Crippen molar-refractivity contribution in [2.24, 2.45) is 0 Å². The zero-order chi connectivity index (χ0) is 12.7. The largest absolute Gasteiger partial charge is 0.270 e. The third-order valence-corrected chi connectivity index (χ3v) is 3.42. The van der Waals surface area contributed by atoms with E-state index >= 15 is 0 Å². The molecule has 0 fully saturated rings. The first-order chi connectivity index (χ1) is 9.43. The van der Waals surface area contributed by atoms with E-state index in [0.717, 1.165) is 11.3 Å². The summed E-state index contributed by atoms with van der Waals surface area (Å²) in [6.07, 6.45) is 1.82. The van der Waals surface area contributed by atoms with Crippen LogP contribution in [-0.2, 0) is 0 Å². The Kier molecular flexibility index (Phi) is 2.12. The molecular formula is C16H12N3+. The molecule has 0 unspecified atom stereocenters. The summed E-state index contributed by atoms with van der Waals surface area (Å²) in [5.41, 5.74) is 3.35. The van der Waals surface area contributed by atoms with Crippen LogP contribution in [0.5, 0.6) is 0 Å². The molecule has 3 heteroatoms. The molecule has 0 aliphatic rings. The number of nitrogens with one attached hydrogen (secondary N) is 1. The summed E-state index contributed by atoms with van der Waals surface area (Å²) in [4.78, 5) is 0. The van der Waals surface area contributed by atoms with Gasteiger partial charge in [-0.1, -0.05) is 48.5 Å². The maximum Gasteiger partial charge on any atom is 0.270 e. The van der Waals surface area contributed by atoms with Crippen molar-refractivity contribution in [3.63, 3.8) is 0 Å². The van der Waals surface area contributed by atoms with Crippen LogP contribution in [0.2, 0.25) is 0 Å². The second-order valence-electron chi connectivity index (χ2n) is 4.56. The van der Waals surface area contributed by atoms with Gasteiger partial charge in [-0.2, -0.15) is 4.40 Å². The van der Waals surface area contributed by atoms with Crippen molar-refractivity contribution >= 4 is 16.4 Å². The average molecular weight is 246 g/mol. The van der Waals surface area contributed by atoms with E-state index in [1.54, 1.807) is 0 Å². The Balaban J connectivity index is 2.17. The molecule has 3 nitrogen and oxygen atoms in total. The van der Waals surface area contributed by atoms with Crippen LogP contribution in [0.3, 0.4) is 0 Å². The molecule has 0 bridgehead atoms. The minimum absolute atomic E-state index is 1.02. The van der Waals surface area contributed by atoms with Gasteiger partial charge in [-0.3, -0.25) is 0 Å². The van der Waals surface area contributed by atoms with Crippen molar-refractivity contribution in [2.75, 3.05) is 0 Å². The summed E-state index contributed by atoms with van der Waals surface area (Å²) in [5, 5.41) is 9.66. The Morgan fingerprint density at radius 3 is 2.58 bits per heavy atom. The molecule has 2 heterocycles. The quantitative estimate of drug-likeness (QED) is 0.515. The summed E-state index contributed by atoms with van der Waals surface area (Å²) >= 11 is 0. The summed E-state index contributed by atoms with van der Waals surface area (Å²) in [6, 6.07) is 20.9. The zero-order valence-electron chi connectivity index (χ0n) is 10.2. The second-order valence-corrected chi connectivity index (χ2v) is 4.56. The van der Waals surface area contributed by atoms with Crippen molar-refractivity contribution in [3.05, 3.63) is 67.0 Å². The van der Waals surface area contributed by atoms with Crippen LogP contribution in [-0.4, -0.2) is 10.2 Å². The van der Waals surface area contributed by atoms with Crippen LogP contribution in [0.25, 0.3) is 27.7 Å². The molecule has 0 saturated heterocycles. The Morgan fingerprint density at radius 2 is 1.68 bits per heavy atom. The lowest BCUT2D eigenvalue weighted by Crippen LogP contribution is -2.22. The summed E-state index contributed by atoms with van der Waals surface area (Å²) in [6.45, 7) is 0. The Hall–Kier alpha value is -2.68. The fourth-order valence-corrected chi connectivity index (χ4v) is 2.52. The normalized spacial score (nSPS) is 11.2. The van der Waals surface area contributed by atoms with E-state index in [1.165, 1.54) is 16.3 Å². The number of benzene rings is 2. The van der Waals surface area contributed by atoms with Gasteiger partial charge in [-0.05, 0) is 17.5 Å². The van der Waals surface area contributed by atoms with Crippen molar-refractivity contribution in [1.29, 1.82) is 0 Å². The molecule has 4 rings (SSSR count). The van der Waals surface area contributed by atoms with Crippen LogP contribution in [0.1, 0.15) is 0 Å². The molecule has 2 aromatic carbocycles. The van der Waals surface area contributed by atoms with Crippen LogP contribution >= 0.6 is 0 Å². The van der Waals surface area contributed by atoms with Crippen LogP contribution in [0.4, 0.5) is 0 Å². The first-order valence-corrected chi connectivity index (χ1v) is 6.25. The number of nitrogens with zero attached hydrogens (tertiary/aromatic N) is 2. The van der Waals surface area contributed by atoms with Gasteiger partial charge in [-0.15, -0.1) is 5.10 Å². The van der Waals surface area contributed by atoms with Crippen molar-refractivity contribution in [1.82, 2.24) is 10.2 Å². The van der Waals surface area contributed by atoms with Crippen LogP contribution in [0, 0.1) is 0 Å². The number of hydrogen-bond donors (Lipinski definition) is 1. The number of rotatable bonds is 1. The fraction of sp³-hybridized carbons (Fsp3) is 0. The lowest BCUT2D eigenvalue weighted by Gasteiger charge is -2.04. The maximum absolute atomic E-state index is 4.18. The number of H-pyrrole nitrogens is 1. The van der Waals surface area contributed by atoms with E-state index < -0.39 is 0 Å². The Bertz CT molecular complexity index is 863.